The van der Waals surface area contributed by atoms with E-state index < -0.39 is 23.5 Å². The van der Waals surface area contributed by atoms with Crippen LogP contribution in [0.4, 0.5) is 9.59 Å². The molecule has 2 rings (SSSR count). The molecule has 0 aliphatic rings. The second-order valence-corrected chi connectivity index (χ2v) is 9.98. The number of carbonyl (C=O) groups excluding carboxylic acids is 3. The zero-order chi connectivity index (χ0) is 28.9. The molecule has 7 heteroatoms. The predicted octanol–water partition coefficient (Wildman–Crippen LogP) is 8.43. The van der Waals surface area contributed by atoms with Gasteiger partial charge in [0.15, 0.2) is 0 Å². The van der Waals surface area contributed by atoms with Crippen LogP contribution in [0.2, 0.25) is 0 Å². The van der Waals surface area contributed by atoms with Gasteiger partial charge in [-0.3, -0.25) is 0 Å². The molecule has 0 radical (unpaired) electrons. The SMILES string of the molecule is C=O.CCCCC(C)(C)OC(=O)OCc1ccccc1.CCCCC(C)(C)OC(=O)OCc1ccccc1. The van der Waals surface area contributed by atoms with E-state index in [-0.39, 0.29) is 13.2 Å². The van der Waals surface area contributed by atoms with Gasteiger partial charge in [0.25, 0.3) is 0 Å². The maximum atomic E-state index is 11.6. The van der Waals surface area contributed by atoms with Crippen molar-refractivity contribution in [2.45, 2.75) is 104 Å². The maximum Gasteiger partial charge on any atom is 0.509 e. The van der Waals surface area contributed by atoms with Gasteiger partial charge >= 0.3 is 12.3 Å². The van der Waals surface area contributed by atoms with Crippen LogP contribution in [0, 0.1) is 0 Å². The number of unbranched alkanes of at least 4 members (excludes halogenated alkanes) is 2. The summed E-state index contributed by atoms with van der Waals surface area (Å²) in [5.74, 6) is 0. The molecule has 0 aromatic heterocycles. The smallest absolute Gasteiger partial charge is 0.429 e. The summed E-state index contributed by atoms with van der Waals surface area (Å²) in [4.78, 5) is 31.1. The van der Waals surface area contributed by atoms with Gasteiger partial charge in [-0.2, -0.15) is 0 Å². The van der Waals surface area contributed by atoms with E-state index in [1.54, 1.807) is 0 Å². The average Bonchev–Trinajstić information content (AvgIpc) is 2.91. The molecule has 7 nitrogen and oxygen atoms in total. The summed E-state index contributed by atoms with van der Waals surface area (Å²) in [6, 6.07) is 19.1. The Morgan fingerprint density at radius 3 is 1.24 bits per heavy atom. The van der Waals surface area contributed by atoms with Gasteiger partial charge in [0.1, 0.15) is 31.2 Å². The van der Waals surface area contributed by atoms with Gasteiger partial charge in [-0.15, -0.1) is 0 Å². The Hall–Kier alpha value is -3.35. The minimum Gasteiger partial charge on any atom is -0.429 e. The van der Waals surface area contributed by atoms with Crippen LogP contribution >= 0.6 is 0 Å². The summed E-state index contributed by atoms with van der Waals surface area (Å²) in [5, 5.41) is 0. The summed E-state index contributed by atoms with van der Waals surface area (Å²) in [5.41, 5.74) is 1.01. The van der Waals surface area contributed by atoms with Gasteiger partial charge in [0.05, 0.1) is 0 Å². The summed E-state index contributed by atoms with van der Waals surface area (Å²) < 4.78 is 20.8. The topological polar surface area (TPSA) is 88.1 Å². The maximum absolute atomic E-state index is 11.6. The van der Waals surface area contributed by atoms with E-state index in [0.29, 0.717) is 0 Å². The van der Waals surface area contributed by atoms with Gasteiger partial charge in [-0.05, 0) is 64.5 Å². The van der Waals surface area contributed by atoms with Crippen molar-refractivity contribution in [1.29, 1.82) is 0 Å². The van der Waals surface area contributed by atoms with Crippen LogP contribution in [0.5, 0.6) is 0 Å². The van der Waals surface area contributed by atoms with Crippen molar-refractivity contribution in [3.8, 4) is 0 Å². The highest BCUT2D eigenvalue weighted by molar-refractivity contribution is 5.61. The van der Waals surface area contributed by atoms with Crippen LogP contribution in [0.1, 0.15) is 91.2 Å². The van der Waals surface area contributed by atoms with Crippen LogP contribution in [0.25, 0.3) is 0 Å². The van der Waals surface area contributed by atoms with Crippen molar-refractivity contribution in [2.75, 3.05) is 0 Å². The Bertz CT molecular complexity index is 806. The molecule has 0 aliphatic carbocycles. The van der Waals surface area contributed by atoms with Crippen molar-refractivity contribution in [1.82, 2.24) is 0 Å². The monoisotopic (exact) mass is 530 g/mol. The lowest BCUT2D eigenvalue weighted by molar-refractivity contribution is -0.0980. The number of hydrogen-bond donors (Lipinski definition) is 0. The third-order valence-corrected chi connectivity index (χ3v) is 5.38. The van der Waals surface area contributed by atoms with Crippen molar-refractivity contribution in [2.24, 2.45) is 0 Å². The molecule has 2 aromatic carbocycles. The fourth-order valence-electron chi connectivity index (χ4n) is 3.25. The molecule has 0 aliphatic heterocycles. The zero-order valence-corrected chi connectivity index (χ0v) is 24.0. The van der Waals surface area contributed by atoms with E-state index in [2.05, 4.69) is 13.8 Å². The second kappa shape index (κ2) is 19.7. The molecule has 0 amide bonds. The normalized spacial score (nSPS) is 10.6. The molecule has 0 atom stereocenters. The predicted molar refractivity (Wildman–Crippen MR) is 150 cm³/mol. The van der Waals surface area contributed by atoms with E-state index in [1.165, 1.54) is 0 Å². The largest absolute Gasteiger partial charge is 0.509 e. The highest BCUT2D eigenvalue weighted by Gasteiger charge is 2.24. The Labute approximate surface area is 228 Å². The molecule has 0 heterocycles. The van der Waals surface area contributed by atoms with Crippen LogP contribution in [-0.2, 0) is 37.0 Å². The van der Waals surface area contributed by atoms with E-state index in [9.17, 15) is 9.59 Å². The molecule has 0 bridgehead atoms. The fraction of sp³-hybridized carbons (Fsp3) is 0.516. The molecule has 0 spiro atoms. The van der Waals surface area contributed by atoms with Crippen LogP contribution in [0.15, 0.2) is 60.7 Å². The first-order valence-electron chi connectivity index (χ1n) is 13.1. The van der Waals surface area contributed by atoms with Crippen molar-refractivity contribution < 1.29 is 33.3 Å². The lowest BCUT2D eigenvalue weighted by atomic mass is 10.0. The number of carbonyl (C=O) groups is 3. The summed E-state index contributed by atoms with van der Waals surface area (Å²) in [6.07, 6.45) is 4.77. The summed E-state index contributed by atoms with van der Waals surface area (Å²) in [7, 11) is 0. The van der Waals surface area contributed by atoms with Gasteiger partial charge < -0.3 is 23.7 Å². The highest BCUT2D eigenvalue weighted by Crippen LogP contribution is 2.20. The van der Waals surface area contributed by atoms with E-state index in [4.69, 9.17) is 23.7 Å². The molecule has 38 heavy (non-hydrogen) atoms. The fourth-order valence-corrected chi connectivity index (χ4v) is 3.25. The molecular weight excluding hydrogens is 484 g/mol. The standard InChI is InChI=1S/2C15H22O3.CH2O/c2*1-4-5-11-15(2,3)18-14(16)17-12-13-9-7-6-8-10-13;1-2/h2*6-10H,4-5,11-12H2,1-3H3;1H2. The molecule has 212 valence electrons. The first kappa shape index (κ1) is 34.6. The molecular formula is C31H46O7. The lowest BCUT2D eigenvalue weighted by Crippen LogP contribution is -2.28. The molecule has 0 N–H and O–H groups in total. The van der Waals surface area contributed by atoms with Gasteiger partial charge in [0, 0.05) is 0 Å². The number of rotatable bonds is 12. The first-order valence-corrected chi connectivity index (χ1v) is 13.1. The van der Waals surface area contributed by atoms with Gasteiger partial charge in [0.2, 0.25) is 0 Å². The van der Waals surface area contributed by atoms with Gasteiger partial charge in [-0.25, -0.2) is 9.59 Å². The molecule has 2 aromatic rings. The van der Waals surface area contributed by atoms with Crippen molar-refractivity contribution >= 4 is 19.1 Å². The molecule has 0 saturated carbocycles. The number of ether oxygens (including phenoxy) is 4. The summed E-state index contributed by atoms with van der Waals surface area (Å²) >= 11 is 0. The minimum atomic E-state index is -0.597. The van der Waals surface area contributed by atoms with Crippen LogP contribution < -0.4 is 0 Å². The molecule has 0 unspecified atom stereocenters. The Balaban J connectivity index is 0.000000676. The third-order valence-electron chi connectivity index (χ3n) is 5.38. The average molecular weight is 531 g/mol. The highest BCUT2D eigenvalue weighted by atomic mass is 16.7. The van der Waals surface area contributed by atoms with Crippen LogP contribution in [0.3, 0.4) is 0 Å². The van der Waals surface area contributed by atoms with E-state index in [1.807, 2.05) is 95.1 Å². The van der Waals surface area contributed by atoms with Crippen LogP contribution in [-0.4, -0.2) is 30.3 Å². The Kier molecular flexibility index (Phi) is 18.0. The number of benzene rings is 2. The Morgan fingerprint density at radius 2 is 0.947 bits per heavy atom. The second-order valence-electron chi connectivity index (χ2n) is 9.98. The Morgan fingerprint density at radius 1 is 0.632 bits per heavy atom. The quantitative estimate of drug-likeness (QED) is 0.254. The van der Waals surface area contributed by atoms with E-state index in [0.717, 1.165) is 49.7 Å². The van der Waals surface area contributed by atoms with Crippen molar-refractivity contribution in [3.05, 3.63) is 71.8 Å². The zero-order valence-electron chi connectivity index (χ0n) is 24.0. The lowest BCUT2D eigenvalue weighted by Gasteiger charge is -2.24. The number of hydrogen-bond acceptors (Lipinski definition) is 7. The molecule has 0 saturated heterocycles. The third kappa shape index (κ3) is 18.0. The summed E-state index contributed by atoms with van der Waals surface area (Å²) in [6.45, 7) is 14.4. The van der Waals surface area contributed by atoms with E-state index >= 15 is 0 Å². The molecule has 0 fully saturated rings. The van der Waals surface area contributed by atoms with Crippen molar-refractivity contribution in [3.63, 3.8) is 0 Å². The first-order chi connectivity index (χ1) is 18.1. The minimum absolute atomic E-state index is 0.254. The van der Waals surface area contributed by atoms with Gasteiger partial charge in [-0.1, -0.05) is 87.4 Å².